The van der Waals surface area contributed by atoms with Crippen LogP contribution in [0.4, 0.5) is 22.7 Å². The maximum atomic E-state index is 6.35. The number of benzene rings is 2. The van der Waals surface area contributed by atoms with E-state index < -0.39 is 0 Å². The topological polar surface area (TPSA) is 65.0 Å². The van der Waals surface area contributed by atoms with Gasteiger partial charge in [0.15, 0.2) is 0 Å². The van der Waals surface area contributed by atoms with E-state index in [2.05, 4.69) is 78.5 Å². The smallest absolute Gasteiger partial charge is 0.0600 e. The zero-order chi connectivity index (χ0) is 28.5. The van der Waals surface area contributed by atoms with Crippen molar-refractivity contribution in [3.05, 3.63) is 48.5 Å². The van der Waals surface area contributed by atoms with Gasteiger partial charge in [-0.3, -0.25) is 0 Å². The third-order valence-electron chi connectivity index (χ3n) is 7.66. The van der Waals surface area contributed by atoms with Gasteiger partial charge >= 0.3 is 0 Å². The number of nitrogens with zero attached hydrogens (tertiary/aromatic N) is 4. The average molecular weight is 539 g/mol. The molecule has 2 aromatic carbocycles. The van der Waals surface area contributed by atoms with Crippen molar-refractivity contribution in [1.82, 2.24) is 9.80 Å². The summed E-state index contributed by atoms with van der Waals surface area (Å²) in [5.41, 5.74) is 16.8. The van der Waals surface area contributed by atoms with E-state index >= 15 is 0 Å². The van der Waals surface area contributed by atoms with Crippen molar-refractivity contribution in [2.45, 2.75) is 66.7 Å². The van der Waals surface area contributed by atoms with Gasteiger partial charge in [0.1, 0.15) is 0 Å². The minimum absolute atomic E-state index is 0.720. The molecule has 0 spiro atoms. The molecule has 0 aliphatic heterocycles. The lowest BCUT2D eigenvalue weighted by atomic mass is 10.1. The normalized spacial score (nSPS) is 12.3. The largest absolute Gasteiger partial charge is 0.397 e. The highest BCUT2D eigenvalue weighted by molar-refractivity contribution is 5.68. The van der Waals surface area contributed by atoms with Crippen molar-refractivity contribution in [1.29, 1.82) is 0 Å². The van der Waals surface area contributed by atoms with Crippen LogP contribution >= 0.6 is 0 Å². The van der Waals surface area contributed by atoms with Crippen LogP contribution in [-0.4, -0.2) is 75.2 Å². The van der Waals surface area contributed by atoms with Crippen LogP contribution in [0.2, 0.25) is 0 Å². The Morgan fingerprint density at radius 2 is 1.08 bits per heavy atom. The summed E-state index contributed by atoms with van der Waals surface area (Å²) in [6.07, 6.45) is 5.97. The molecule has 0 saturated heterocycles. The molecule has 1 atom stereocenters. The van der Waals surface area contributed by atoms with Crippen molar-refractivity contribution in [2.24, 2.45) is 5.92 Å². The Labute approximate surface area is 240 Å². The van der Waals surface area contributed by atoms with Gasteiger partial charge in [0, 0.05) is 45.8 Å². The number of rotatable bonds is 21. The maximum Gasteiger partial charge on any atom is 0.0600 e. The molecule has 0 bridgehead atoms. The standard InChI is InChI=1S/C33H58N6/c1-6-15-29(5)28-37(25-27-39(21-8-3)33-19-13-11-17-31(33)35)23-14-22-36(9-4)24-26-38(20-7-2)32-18-12-10-16-30(32)34/h10-13,16-19,29H,6-9,14-15,20-28,34-35H2,1-5H3. The molecule has 0 radical (unpaired) electrons. The molecule has 2 rings (SSSR count). The molecule has 0 heterocycles. The van der Waals surface area contributed by atoms with Crippen LogP contribution in [0, 0.1) is 5.92 Å². The van der Waals surface area contributed by atoms with Crippen molar-refractivity contribution < 1.29 is 0 Å². The van der Waals surface area contributed by atoms with Crippen LogP contribution in [0.5, 0.6) is 0 Å². The van der Waals surface area contributed by atoms with Gasteiger partial charge in [0.2, 0.25) is 0 Å². The Balaban J connectivity index is 1.95. The number of para-hydroxylation sites is 4. The first kappa shape index (κ1) is 32.8. The molecular weight excluding hydrogens is 480 g/mol. The average Bonchev–Trinajstić information content (AvgIpc) is 2.92. The lowest BCUT2D eigenvalue weighted by Crippen LogP contribution is -2.40. The summed E-state index contributed by atoms with van der Waals surface area (Å²) in [5.74, 6) is 0.720. The van der Waals surface area contributed by atoms with Gasteiger partial charge in [-0.25, -0.2) is 0 Å². The fourth-order valence-corrected chi connectivity index (χ4v) is 5.59. The van der Waals surface area contributed by atoms with Crippen LogP contribution in [0.1, 0.15) is 66.7 Å². The highest BCUT2D eigenvalue weighted by Gasteiger charge is 2.15. The van der Waals surface area contributed by atoms with Crippen LogP contribution in [0.3, 0.4) is 0 Å². The fraction of sp³-hybridized carbons (Fsp3) is 0.636. The predicted octanol–water partition coefficient (Wildman–Crippen LogP) is 6.43. The minimum Gasteiger partial charge on any atom is -0.397 e. The summed E-state index contributed by atoms with van der Waals surface area (Å²) in [4.78, 5) is 10.2. The maximum absolute atomic E-state index is 6.35. The van der Waals surface area contributed by atoms with E-state index in [9.17, 15) is 0 Å². The number of hydrogen-bond donors (Lipinski definition) is 2. The molecule has 0 fully saturated rings. The Morgan fingerprint density at radius 3 is 1.54 bits per heavy atom. The first-order chi connectivity index (χ1) is 18.9. The first-order valence-electron chi connectivity index (χ1n) is 15.6. The third-order valence-corrected chi connectivity index (χ3v) is 7.66. The van der Waals surface area contributed by atoms with Crippen molar-refractivity contribution in [3.8, 4) is 0 Å². The molecule has 6 nitrogen and oxygen atoms in total. The molecule has 4 N–H and O–H groups in total. The summed E-state index contributed by atoms with van der Waals surface area (Å²) >= 11 is 0. The van der Waals surface area contributed by atoms with Crippen molar-refractivity contribution in [3.63, 3.8) is 0 Å². The minimum atomic E-state index is 0.720. The summed E-state index contributed by atoms with van der Waals surface area (Å²) in [7, 11) is 0. The van der Waals surface area contributed by atoms with E-state index in [1.54, 1.807) is 0 Å². The van der Waals surface area contributed by atoms with Gasteiger partial charge in [-0.1, -0.05) is 65.3 Å². The van der Waals surface area contributed by atoms with E-state index in [0.717, 1.165) is 89.0 Å². The molecule has 2 aromatic rings. The predicted molar refractivity (Wildman–Crippen MR) is 174 cm³/mol. The zero-order valence-electron chi connectivity index (χ0n) is 25.7. The van der Waals surface area contributed by atoms with E-state index in [-0.39, 0.29) is 0 Å². The molecule has 39 heavy (non-hydrogen) atoms. The van der Waals surface area contributed by atoms with Gasteiger partial charge in [0.05, 0.1) is 22.7 Å². The number of nitrogens with two attached hydrogens (primary N) is 2. The van der Waals surface area contributed by atoms with Gasteiger partial charge in [-0.05, 0) is 75.5 Å². The van der Waals surface area contributed by atoms with Gasteiger partial charge in [0.25, 0.3) is 0 Å². The molecule has 0 aromatic heterocycles. The van der Waals surface area contributed by atoms with Gasteiger partial charge in [-0.15, -0.1) is 0 Å². The van der Waals surface area contributed by atoms with E-state index in [1.165, 1.54) is 37.2 Å². The SMILES string of the molecule is CCCC(C)CN(CCCN(CC)CCN(CCC)c1ccccc1N)CCN(CCC)c1ccccc1N. The molecule has 0 amide bonds. The number of nitrogen functional groups attached to an aromatic ring is 2. The lowest BCUT2D eigenvalue weighted by Gasteiger charge is -2.32. The van der Waals surface area contributed by atoms with Crippen LogP contribution < -0.4 is 21.3 Å². The highest BCUT2D eigenvalue weighted by Crippen LogP contribution is 2.24. The van der Waals surface area contributed by atoms with Crippen LogP contribution in [0.25, 0.3) is 0 Å². The van der Waals surface area contributed by atoms with E-state index in [1.807, 2.05) is 24.3 Å². The molecule has 0 aliphatic carbocycles. The van der Waals surface area contributed by atoms with E-state index in [4.69, 9.17) is 11.5 Å². The molecular formula is C33H58N6. The Hall–Kier alpha value is -2.44. The number of anilines is 4. The Bertz CT molecular complexity index is 903. The second-order valence-corrected chi connectivity index (χ2v) is 11.1. The summed E-state index contributed by atoms with van der Waals surface area (Å²) in [6, 6.07) is 16.6. The van der Waals surface area contributed by atoms with Crippen LogP contribution in [0.15, 0.2) is 48.5 Å². The summed E-state index contributed by atoms with van der Waals surface area (Å²) < 4.78 is 0. The van der Waals surface area contributed by atoms with Crippen molar-refractivity contribution in [2.75, 3.05) is 86.7 Å². The van der Waals surface area contributed by atoms with Gasteiger partial charge in [-0.2, -0.15) is 0 Å². The third kappa shape index (κ3) is 11.7. The van der Waals surface area contributed by atoms with E-state index in [0.29, 0.717) is 0 Å². The fourth-order valence-electron chi connectivity index (χ4n) is 5.59. The summed E-state index contributed by atoms with van der Waals surface area (Å²) in [5, 5.41) is 0. The van der Waals surface area contributed by atoms with Crippen molar-refractivity contribution >= 4 is 22.7 Å². The number of likely N-dealkylation sites (N-methyl/N-ethyl adjacent to an activating group) is 1. The molecule has 0 aliphatic rings. The second-order valence-electron chi connectivity index (χ2n) is 11.1. The summed E-state index contributed by atoms with van der Waals surface area (Å²) in [6.45, 7) is 22.2. The molecule has 220 valence electrons. The molecule has 0 saturated carbocycles. The molecule has 1 unspecified atom stereocenters. The Morgan fingerprint density at radius 1 is 0.590 bits per heavy atom. The number of hydrogen-bond acceptors (Lipinski definition) is 6. The molecule has 6 heteroatoms. The van der Waals surface area contributed by atoms with Crippen LogP contribution in [-0.2, 0) is 0 Å². The Kier molecular flexibility index (Phi) is 15.8. The zero-order valence-corrected chi connectivity index (χ0v) is 25.7. The van der Waals surface area contributed by atoms with Gasteiger partial charge < -0.3 is 31.1 Å². The monoisotopic (exact) mass is 538 g/mol. The highest BCUT2D eigenvalue weighted by atomic mass is 15.2. The lowest BCUT2D eigenvalue weighted by molar-refractivity contribution is 0.211. The quantitative estimate of drug-likeness (QED) is 0.179. The first-order valence-corrected chi connectivity index (χ1v) is 15.6. The second kappa shape index (κ2) is 18.8.